The van der Waals surface area contributed by atoms with Gasteiger partial charge in [-0.2, -0.15) is 0 Å². The van der Waals surface area contributed by atoms with Gasteiger partial charge < -0.3 is 15.4 Å². The predicted octanol–water partition coefficient (Wildman–Crippen LogP) is 1.94. The first-order chi connectivity index (χ1) is 9.08. The maximum atomic E-state index is 12.2. The highest BCUT2D eigenvalue weighted by Gasteiger charge is 2.28. The summed E-state index contributed by atoms with van der Waals surface area (Å²) in [5.74, 6) is 0. The minimum atomic E-state index is 0.0390. The molecule has 0 radical (unpaired) electrons. The van der Waals surface area contributed by atoms with Gasteiger partial charge >= 0.3 is 6.03 Å². The minimum absolute atomic E-state index is 0.0390. The number of anilines is 2. The average molecular weight is 263 g/mol. The third-order valence-corrected chi connectivity index (χ3v) is 3.11. The number of ether oxygens (including phenoxy) is 1. The van der Waals surface area contributed by atoms with Crippen molar-refractivity contribution in [1.29, 1.82) is 0 Å². The average Bonchev–Trinajstić information content (AvgIpc) is 2.72. The predicted molar refractivity (Wildman–Crippen MR) is 76.3 cm³/mol. The summed E-state index contributed by atoms with van der Waals surface area (Å²) in [7, 11) is 0. The lowest BCUT2D eigenvalue weighted by molar-refractivity contribution is 0.0679. The molecule has 1 heterocycles. The minimum Gasteiger partial charge on any atom is -0.399 e. The monoisotopic (exact) mass is 263 g/mol. The van der Waals surface area contributed by atoms with E-state index in [4.69, 9.17) is 10.5 Å². The quantitative estimate of drug-likeness (QED) is 0.826. The molecule has 0 spiro atoms. The summed E-state index contributed by atoms with van der Waals surface area (Å²) < 4.78 is 5.48. The molecule has 19 heavy (non-hydrogen) atoms. The Labute approximate surface area is 113 Å². The van der Waals surface area contributed by atoms with Crippen LogP contribution in [-0.2, 0) is 4.74 Å². The Bertz CT molecular complexity index is 431. The highest BCUT2D eigenvalue weighted by molar-refractivity contribution is 5.94. The van der Waals surface area contributed by atoms with Crippen LogP contribution in [0.5, 0.6) is 0 Å². The van der Waals surface area contributed by atoms with Gasteiger partial charge in [-0.05, 0) is 38.1 Å². The molecule has 1 saturated heterocycles. The molecular weight excluding hydrogens is 242 g/mol. The Morgan fingerprint density at radius 1 is 1.26 bits per heavy atom. The maximum Gasteiger partial charge on any atom is 0.324 e. The number of benzene rings is 1. The van der Waals surface area contributed by atoms with Crippen molar-refractivity contribution in [2.45, 2.75) is 20.0 Å². The molecule has 1 aliphatic heterocycles. The van der Waals surface area contributed by atoms with E-state index < -0.39 is 0 Å². The molecule has 0 atom stereocenters. The lowest BCUT2D eigenvalue weighted by Crippen LogP contribution is -2.34. The lowest BCUT2D eigenvalue weighted by Gasteiger charge is -2.19. The molecule has 0 saturated carbocycles. The van der Waals surface area contributed by atoms with Crippen molar-refractivity contribution in [1.82, 2.24) is 4.90 Å². The second kappa shape index (κ2) is 5.93. The summed E-state index contributed by atoms with van der Waals surface area (Å²) in [6.45, 7) is 6.66. The van der Waals surface area contributed by atoms with Crippen molar-refractivity contribution in [3.8, 4) is 0 Å². The van der Waals surface area contributed by atoms with E-state index in [1.54, 1.807) is 4.90 Å². The van der Waals surface area contributed by atoms with Gasteiger partial charge in [-0.1, -0.05) is 0 Å². The second-order valence-corrected chi connectivity index (χ2v) is 4.93. The van der Waals surface area contributed by atoms with E-state index in [1.165, 1.54) is 0 Å². The molecule has 2 amide bonds. The van der Waals surface area contributed by atoms with Crippen molar-refractivity contribution in [3.63, 3.8) is 0 Å². The molecule has 0 aliphatic carbocycles. The second-order valence-electron chi connectivity index (χ2n) is 4.93. The summed E-state index contributed by atoms with van der Waals surface area (Å²) in [6, 6.07) is 7.42. The van der Waals surface area contributed by atoms with E-state index in [0.717, 1.165) is 12.2 Å². The van der Waals surface area contributed by atoms with Crippen LogP contribution in [0.25, 0.3) is 0 Å². The van der Waals surface area contributed by atoms with E-state index in [-0.39, 0.29) is 12.1 Å². The zero-order valence-electron chi connectivity index (χ0n) is 11.5. The van der Waals surface area contributed by atoms with Crippen molar-refractivity contribution in [2.75, 3.05) is 36.9 Å². The van der Waals surface area contributed by atoms with Crippen LogP contribution in [0, 0.1) is 0 Å². The normalized spacial score (nSPS) is 15.6. The van der Waals surface area contributed by atoms with Gasteiger partial charge in [-0.3, -0.25) is 4.90 Å². The van der Waals surface area contributed by atoms with E-state index in [2.05, 4.69) is 0 Å². The molecule has 0 aromatic heterocycles. The van der Waals surface area contributed by atoms with Crippen LogP contribution in [-0.4, -0.2) is 43.3 Å². The number of nitrogens with two attached hydrogens (primary N) is 1. The fourth-order valence-corrected chi connectivity index (χ4v) is 2.08. The van der Waals surface area contributed by atoms with Crippen LogP contribution >= 0.6 is 0 Å². The highest BCUT2D eigenvalue weighted by Crippen LogP contribution is 2.21. The molecule has 1 aromatic carbocycles. The van der Waals surface area contributed by atoms with Gasteiger partial charge in [-0.25, -0.2) is 4.79 Å². The number of hydrogen-bond acceptors (Lipinski definition) is 3. The number of rotatable bonds is 5. The number of carbonyl (C=O) groups is 1. The third kappa shape index (κ3) is 3.38. The summed E-state index contributed by atoms with van der Waals surface area (Å²) in [5.41, 5.74) is 7.25. The smallest absolute Gasteiger partial charge is 0.324 e. The summed E-state index contributed by atoms with van der Waals surface area (Å²) in [4.78, 5) is 15.8. The zero-order valence-corrected chi connectivity index (χ0v) is 11.5. The van der Waals surface area contributed by atoms with Gasteiger partial charge in [-0.15, -0.1) is 0 Å². The maximum absolute atomic E-state index is 12.2. The largest absolute Gasteiger partial charge is 0.399 e. The number of urea groups is 1. The topological polar surface area (TPSA) is 58.8 Å². The van der Waals surface area contributed by atoms with Gasteiger partial charge in [0.25, 0.3) is 0 Å². The molecule has 2 N–H and O–H groups in total. The molecule has 1 aliphatic rings. The van der Waals surface area contributed by atoms with Crippen molar-refractivity contribution in [2.24, 2.45) is 0 Å². The summed E-state index contributed by atoms with van der Waals surface area (Å²) in [5, 5.41) is 0. The van der Waals surface area contributed by atoms with Gasteiger partial charge in [0, 0.05) is 31.0 Å². The van der Waals surface area contributed by atoms with Gasteiger partial charge in [0.05, 0.1) is 12.7 Å². The Morgan fingerprint density at radius 2 is 1.95 bits per heavy atom. The van der Waals surface area contributed by atoms with Gasteiger partial charge in [0.15, 0.2) is 0 Å². The molecule has 5 heteroatoms. The molecule has 5 nitrogen and oxygen atoms in total. The molecular formula is C14H21N3O2. The van der Waals surface area contributed by atoms with E-state index in [9.17, 15) is 4.79 Å². The van der Waals surface area contributed by atoms with E-state index in [0.29, 0.717) is 25.4 Å². The van der Waals surface area contributed by atoms with Crippen LogP contribution in [0.4, 0.5) is 16.2 Å². The number of nitrogen functional groups attached to an aromatic ring is 1. The Balaban J connectivity index is 1.92. The van der Waals surface area contributed by atoms with Gasteiger partial charge in [0.1, 0.15) is 0 Å². The molecule has 1 aromatic rings. The molecule has 0 bridgehead atoms. The van der Waals surface area contributed by atoms with Crippen LogP contribution in [0.2, 0.25) is 0 Å². The zero-order chi connectivity index (χ0) is 13.8. The number of nitrogens with zero attached hydrogens (tertiary/aromatic N) is 2. The summed E-state index contributed by atoms with van der Waals surface area (Å²) >= 11 is 0. The molecule has 104 valence electrons. The van der Waals surface area contributed by atoms with Gasteiger partial charge in [0.2, 0.25) is 0 Å². The third-order valence-electron chi connectivity index (χ3n) is 3.11. The van der Waals surface area contributed by atoms with E-state index >= 15 is 0 Å². The Hall–Kier alpha value is -1.75. The SMILES string of the molecule is CC(C)OCCN1CCN(c2ccc(N)cc2)C1=O. The van der Waals surface area contributed by atoms with Crippen LogP contribution in [0.15, 0.2) is 24.3 Å². The number of amides is 2. The fourth-order valence-electron chi connectivity index (χ4n) is 2.08. The molecule has 1 fully saturated rings. The number of carbonyl (C=O) groups excluding carboxylic acids is 1. The van der Waals surface area contributed by atoms with Crippen LogP contribution < -0.4 is 10.6 Å². The molecule has 2 rings (SSSR count). The lowest BCUT2D eigenvalue weighted by atomic mass is 10.2. The van der Waals surface area contributed by atoms with E-state index in [1.807, 2.05) is 43.0 Å². The van der Waals surface area contributed by atoms with Crippen molar-refractivity contribution >= 4 is 17.4 Å². The van der Waals surface area contributed by atoms with Crippen molar-refractivity contribution < 1.29 is 9.53 Å². The summed E-state index contributed by atoms with van der Waals surface area (Å²) in [6.07, 6.45) is 0.200. The van der Waals surface area contributed by atoms with Crippen LogP contribution in [0.1, 0.15) is 13.8 Å². The number of hydrogen-bond donors (Lipinski definition) is 1. The van der Waals surface area contributed by atoms with Crippen LogP contribution in [0.3, 0.4) is 0 Å². The Morgan fingerprint density at radius 3 is 2.58 bits per heavy atom. The fraction of sp³-hybridized carbons (Fsp3) is 0.500. The first-order valence-corrected chi connectivity index (χ1v) is 6.61. The highest BCUT2D eigenvalue weighted by atomic mass is 16.5. The van der Waals surface area contributed by atoms with Crippen molar-refractivity contribution in [3.05, 3.63) is 24.3 Å². The standard InChI is InChI=1S/C14H21N3O2/c1-11(2)19-10-9-16-7-8-17(14(16)18)13-5-3-12(15)4-6-13/h3-6,11H,7-10,15H2,1-2H3. The first kappa shape index (κ1) is 13.7. The molecule has 0 unspecified atom stereocenters. The first-order valence-electron chi connectivity index (χ1n) is 6.61. The Kier molecular flexibility index (Phi) is 4.27.